The van der Waals surface area contributed by atoms with E-state index >= 15 is 0 Å². The van der Waals surface area contributed by atoms with E-state index in [1.54, 1.807) is 26.0 Å². The second-order valence-electron chi connectivity index (χ2n) is 4.43. The molecule has 0 saturated carbocycles. The number of hydrogen-bond acceptors (Lipinski definition) is 4. The van der Waals surface area contributed by atoms with Gasteiger partial charge in [0.05, 0.1) is 28.2 Å². The van der Waals surface area contributed by atoms with Crippen LogP contribution in [-0.2, 0) is 0 Å². The van der Waals surface area contributed by atoms with Gasteiger partial charge >= 0.3 is 5.97 Å². The number of carbonyl (C=O) groups is 2. The summed E-state index contributed by atoms with van der Waals surface area (Å²) in [6.45, 7) is 3.39. The van der Waals surface area contributed by atoms with Crippen LogP contribution in [0.5, 0.6) is 0 Å². The van der Waals surface area contributed by atoms with Crippen LogP contribution in [-0.4, -0.2) is 27.2 Å². The monoisotopic (exact) mass is 349 g/mol. The summed E-state index contributed by atoms with van der Waals surface area (Å²) in [4.78, 5) is 23.5. The van der Waals surface area contributed by atoms with E-state index in [0.717, 1.165) is 0 Å². The number of carboxylic acids is 1. The first-order valence-corrected chi connectivity index (χ1v) is 6.83. The Bertz CT molecular complexity index is 731. The molecule has 7 heteroatoms. The third-order valence-electron chi connectivity index (χ3n) is 2.81. The van der Waals surface area contributed by atoms with Crippen LogP contribution < -0.4 is 5.32 Å². The highest BCUT2D eigenvalue weighted by molar-refractivity contribution is 9.10. The lowest BCUT2D eigenvalue weighted by atomic mass is 10.1. The van der Waals surface area contributed by atoms with Gasteiger partial charge in [-0.05, 0) is 38.1 Å². The van der Waals surface area contributed by atoms with Crippen molar-refractivity contribution in [2.45, 2.75) is 13.8 Å². The number of hydrogen-bond donors (Lipinski definition) is 2. The van der Waals surface area contributed by atoms with Crippen molar-refractivity contribution in [1.29, 1.82) is 0 Å². The molecule has 2 rings (SSSR count). The Kier molecular flexibility index (Phi) is 4.32. The van der Waals surface area contributed by atoms with E-state index in [0.29, 0.717) is 21.4 Å². The first-order valence-electron chi connectivity index (χ1n) is 6.03. The molecule has 0 aliphatic heterocycles. The minimum absolute atomic E-state index is 0.0166. The van der Waals surface area contributed by atoms with Crippen molar-refractivity contribution in [3.8, 4) is 0 Å². The van der Waals surface area contributed by atoms with Gasteiger partial charge in [0.15, 0.2) is 0 Å². The van der Waals surface area contributed by atoms with E-state index in [1.165, 1.54) is 12.1 Å². The van der Waals surface area contributed by atoms with Gasteiger partial charge in [0.1, 0.15) is 0 Å². The maximum atomic E-state index is 12.3. The van der Waals surface area contributed by atoms with Crippen molar-refractivity contribution in [3.63, 3.8) is 0 Å². The van der Waals surface area contributed by atoms with Crippen LogP contribution in [0.2, 0.25) is 0 Å². The lowest BCUT2D eigenvalue weighted by Crippen LogP contribution is -2.17. The van der Waals surface area contributed by atoms with Gasteiger partial charge in [-0.2, -0.15) is 10.2 Å². The van der Waals surface area contributed by atoms with Crippen molar-refractivity contribution >= 4 is 33.5 Å². The Morgan fingerprint density at radius 3 is 2.52 bits per heavy atom. The van der Waals surface area contributed by atoms with E-state index in [4.69, 9.17) is 5.11 Å². The Labute approximate surface area is 129 Å². The molecule has 6 nitrogen and oxygen atoms in total. The number of benzene rings is 1. The first kappa shape index (κ1) is 15.1. The molecule has 0 spiro atoms. The normalized spacial score (nSPS) is 10.2. The van der Waals surface area contributed by atoms with Gasteiger partial charge in [0, 0.05) is 4.47 Å². The van der Waals surface area contributed by atoms with E-state index in [-0.39, 0.29) is 11.3 Å². The summed E-state index contributed by atoms with van der Waals surface area (Å²) < 4.78 is 0.670. The zero-order valence-electron chi connectivity index (χ0n) is 11.3. The summed E-state index contributed by atoms with van der Waals surface area (Å²) >= 11 is 3.25. The molecule has 21 heavy (non-hydrogen) atoms. The molecular weight excluding hydrogens is 338 g/mol. The van der Waals surface area contributed by atoms with Crippen molar-refractivity contribution in [2.75, 3.05) is 5.32 Å². The number of amides is 1. The largest absolute Gasteiger partial charge is 0.478 e. The SMILES string of the molecule is Cc1cc(C(=O)Nc2cc(Br)ccc2C(=O)O)c(C)nn1. The average molecular weight is 350 g/mol. The maximum Gasteiger partial charge on any atom is 0.337 e. The molecule has 108 valence electrons. The standard InChI is InChI=1S/C14H12BrN3O3/c1-7-5-11(8(2)18-17-7)13(19)16-12-6-9(15)3-4-10(12)14(20)21/h3-6H,1-2H3,(H,16,19)(H,20,21). The molecule has 2 aromatic rings. The van der Waals surface area contributed by atoms with Crippen molar-refractivity contribution in [1.82, 2.24) is 10.2 Å². The number of aromatic nitrogens is 2. The molecule has 0 aliphatic carbocycles. The summed E-state index contributed by atoms with van der Waals surface area (Å²) in [6, 6.07) is 6.17. The predicted octanol–water partition coefficient (Wildman–Crippen LogP) is 2.81. The molecule has 0 bridgehead atoms. The molecule has 1 heterocycles. The van der Waals surface area contributed by atoms with E-state index in [1.807, 2.05) is 0 Å². The molecule has 1 aromatic carbocycles. The number of aromatic carboxylic acids is 1. The highest BCUT2D eigenvalue weighted by Crippen LogP contribution is 2.22. The van der Waals surface area contributed by atoms with Gasteiger partial charge in [-0.25, -0.2) is 4.79 Å². The van der Waals surface area contributed by atoms with Crippen molar-refractivity contribution in [3.05, 3.63) is 51.3 Å². The second-order valence-corrected chi connectivity index (χ2v) is 5.35. The Morgan fingerprint density at radius 1 is 1.14 bits per heavy atom. The molecule has 0 unspecified atom stereocenters. The van der Waals surface area contributed by atoms with Crippen LogP contribution in [0.1, 0.15) is 32.1 Å². The molecular formula is C14H12BrN3O3. The van der Waals surface area contributed by atoms with Crippen LogP contribution >= 0.6 is 15.9 Å². The number of halogens is 1. The van der Waals surface area contributed by atoms with Gasteiger partial charge in [-0.1, -0.05) is 15.9 Å². The quantitative estimate of drug-likeness (QED) is 0.888. The molecule has 0 saturated heterocycles. The Balaban J connectivity index is 2.38. The van der Waals surface area contributed by atoms with E-state index in [9.17, 15) is 9.59 Å². The number of anilines is 1. The molecule has 0 atom stereocenters. The number of nitrogens with one attached hydrogen (secondary N) is 1. The fourth-order valence-electron chi connectivity index (χ4n) is 1.78. The smallest absolute Gasteiger partial charge is 0.337 e. The van der Waals surface area contributed by atoms with Crippen LogP contribution in [0, 0.1) is 13.8 Å². The average Bonchev–Trinajstić information content (AvgIpc) is 2.41. The Hall–Kier alpha value is -2.28. The van der Waals surface area contributed by atoms with Crippen molar-refractivity contribution in [2.24, 2.45) is 0 Å². The summed E-state index contributed by atoms with van der Waals surface area (Å²) in [5.74, 6) is -1.54. The fraction of sp³-hybridized carbons (Fsp3) is 0.143. The fourth-order valence-corrected chi connectivity index (χ4v) is 2.14. The van der Waals surface area contributed by atoms with Crippen LogP contribution in [0.3, 0.4) is 0 Å². The topological polar surface area (TPSA) is 92.2 Å². The minimum atomic E-state index is -1.11. The van der Waals surface area contributed by atoms with E-state index in [2.05, 4.69) is 31.4 Å². The van der Waals surface area contributed by atoms with Gasteiger partial charge in [0.2, 0.25) is 0 Å². The minimum Gasteiger partial charge on any atom is -0.478 e. The highest BCUT2D eigenvalue weighted by atomic mass is 79.9. The van der Waals surface area contributed by atoms with E-state index < -0.39 is 11.9 Å². The van der Waals surface area contributed by atoms with Gasteiger partial charge in [-0.3, -0.25) is 4.79 Å². The number of aryl methyl sites for hydroxylation is 2. The van der Waals surface area contributed by atoms with Crippen LogP contribution in [0.4, 0.5) is 5.69 Å². The second kappa shape index (κ2) is 6.01. The number of carbonyl (C=O) groups excluding carboxylic acids is 1. The molecule has 2 N–H and O–H groups in total. The number of rotatable bonds is 3. The Morgan fingerprint density at radius 2 is 1.86 bits per heavy atom. The number of nitrogens with zero attached hydrogens (tertiary/aromatic N) is 2. The number of carboxylic acid groups (broad SMARTS) is 1. The third-order valence-corrected chi connectivity index (χ3v) is 3.30. The van der Waals surface area contributed by atoms with Gasteiger partial charge in [0.25, 0.3) is 5.91 Å². The summed E-state index contributed by atoms with van der Waals surface area (Å²) in [6.07, 6.45) is 0. The van der Waals surface area contributed by atoms with Crippen molar-refractivity contribution < 1.29 is 14.7 Å². The summed E-state index contributed by atoms with van der Waals surface area (Å²) in [5, 5.41) is 19.5. The lowest BCUT2D eigenvalue weighted by molar-refractivity contribution is 0.0698. The first-order chi connectivity index (χ1) is 9.88. The highest BCUT2D eigenvalue weighted by Gasteiger charge is 2.16. The third kappa shape index (κ3) is 3.43. The zero-order chi connectivity index (χ0) is 15.6. The van der Waals surface area contributed by atoms with Gasteiger partial charge in [-0.15, -0.1) is 0 Å². The molecule has 1 amide bonds. The lowest BCUT2D eigenvalue weighted by Gasteiger charge is -2.10. The predicted molar refractivity (Wildman–Crippen MR) is 80.6 cm³/mol. The van der Waals surface area contributed by atoms with Gasteiger partial charge < -0.3 is 10.4 Å². The summed E-state index contributed by atoms with van der Waals surface area (Å²) in [7, 11) is 0. The summed E-state index contributed by atoms with van der Waals surface area (Å²) in [5.41, 5.74) is 1.68. The molecule has 0 fully saturated rings. The molecule has 0 radical (unpaired) electrons. The zero-order valence-corrected chi connectivity index (χ0v) is 12.9. The molecule has 0 aliphatic rings. The van der Waals surface area contributed by atoms with Crippen LogP contribution in [0.25, 0.3) is 0 Å². The maximum absolute atomic E-state index is 12.3. The van der Waals surface area contributed by atoms with Crippen LogP contribution in [0.15, 0.2) is 28.7 Å². The molecule has 1 aromatic heterocycles.